The molecule has 0 saturated carbocycles. The molecule has 0 unspecified atom stereocenters. The summed E-state index contributed by atoms with van der Waals surface area (Å²) in [6.45, 7) is 4.08. The maximum Gasteiger partial charge on any atom is 0.248 e. The Labute approximate surface area is 133 Å². The van der Waals surface area contributed by atoms with Crippen LogP contribution in [0.2, 0.25) is 5.02 Å². The molecule has 3 rings (SSSR count). The summed E-state index contributed by atoms with van der Waals surface area (Å²) >= 11 is 5.97. The van der Waals surface area contributed by atoms with Gasteiger partial charge in [-0.25, -0.2) is 0 Å². The minimum atomic E-state index is 0.435. The first kappa shape index (κ1) is 14.4. The van der Waals surface area contributed by atoms with E-state index >= 15 is 0 Å². The third-order valence-electron chi connectivity index (χ3n) is 2.97. The Bertz CT molecular complexity index is 781. The number of nitrogens with zero attached hydrogens (tertiary/aromatic N) is 2. The van der Waals surface area contributed by atoms with Crippen molar-refractivity contribution in [2.75, 3.05) is 6.61 Å². The minimum absolute atomic E-state index is 0.435. The van der Waals surface area contributed by atoms with Crippen LogP contribution in [0.1, 0.15) is 0 Å². The summed E-state index contributed by atoms with van der Waals surface area (Å²) in [6.07, 6.45) is 1.70. The van der Waals surface area contributed by atoms with Gasteiger partial charge in [-0.15, -0.1) is 10.2 Å². The van der Waals surface area contributed by atoms with Crippen LogP contribution in [-0.2, 0) is 0 Å². The zero-order valence-electron chi connectivity index (χ0n) is 11.7. The highest BCUT2D eigenvalue weighted by atomic mass is 35.5. The second-order valence-electron chi connectivity index (χ2n) is 4.55. The van der Waals surface area contributed by atoms with Crippen LogP contribution in [0.15, 0.2) is 65.6 Å². The van der Waals surface area contributed by atoms with E-state index in [1.807, 2.05) is 36.4 Å². The van der Waals surface area contributed by atoms with Crippen molar-refractivity contribution in [1.82, 2.24) is 10.2 Å². The van der Waals surface area contributed by atoms with Gasteiger partial charge in [0.2, 0.25) is 11.8 Å². The van der Waals surface area contributed by atoms with E-state index in [9.17, 15) is 0 Å². The average molecular weight is 313 g/mol. The van der Waals surface area contributed by atoms with Crippen LogP contribution in [0.4, 0.5) is 0 Å². The molecule has 1 aromatic heterocycles. The maximum absolute atomic E-state index is 5.97. The van der Waals surface area contributed by atoms with Gasteiger partial charge in [-0.2, -0.15) is 0 Å². The van der Waals surface area contributed by atoms with Gasteiger partial charge in [0.15, 0.2) is 0 Å². The van der Waals surface area contributed by atoms with Gasteiger partial charge in [-0.05, 0) is 42.5 Å². The fourth-order valence-corrected chi connectivity index (χ4v) is 2.12. The summed E-state index contributed by atoms with van der Waals surface area (Å²) in [5, 5.41) is 8.75. The Hall–Kier alpha value is -2.59. The first-order valence-corrected chi connectivity index (χ1v) is 7.07. The molecule has 0 saturated heterocycles. The molecule has 3 aromatic rings. The number of ether oxygens (including phenoxy) is 1. The van der Waals surface area contributed by atoms with E-state index in [0.717, 1.165) is 16.9 Å². The van der Waals surface area contributed by atoms with Crippen LogP contribution >= 0.6 is 11.6 Å². The van der Waals surface area contributed by atoms with E-state index in [1.165, 1.54) is 0 Å². The highest BCUT2D eigenvalue weighted by Crippen LogP contribution is 2.26. The largest absolute Gasteiger partial charge is 0.490 e. The first-order chi connectivity index (χ1) is 10.8. The molecule has 0 aliphatic carbocycles. The summed E-state index contributed by atoms with van der Waals surface area (Å²) in [5.74, 6) is 1.65. The molecule has 2 aromatic carbocycles. The number of aromatic nitrogens is 2. The van der Waals surface area contributed by atoms with Gasteiger partial charge >= 0.3 is 0 Å². The fourth-order valence-electron chi connectivity index (χ4n) is 1.93. The zero-order chi connectivity index (χ0) is 15.4. The summed E-state index contributed by atoms with van der Waals surface area (Å²) < 4.78 is 11.1. The zero-order valence-corrected chi connectivity index (χ0v) is 12.5. The van der Waals surface area contributed by atoms with Gasteiger partial charge in [0.25, 0.3) is 0 Å². The van der Waals surface area contributed by atoms with Crippen molar-refractivity contribution in [2.24, 2.45) is 0 Å². The molecular formula is C17H13ClN2O2. The minimum Gasteiger partial charge on any atom is -0.490 e. The van der Waals surface area contributed by atoms with Crippen LogP contribution in [0.3, 0.4) is 0 Å². The molecule has 0 fully saturated rings. The molecule has 0 aliphatic rings. The quantitative estimate of drug-likeness (QED) is 0.645. The van der Waals surface area contributed by atoms with Crippen molar-refractivity contribution in [3.05, 3.63) is 66.2 Å². The highest BCUT2D eigenvalue weighted by Gasteiger charge is 2.10. The lowest BCUT2D eigenvalue weighted by atomic mass is 10.2. The standard InChI is InChI=1S/C17H13ClN2O2/c1-2-10-21-15-8-6-12(7-9-15)16-19-20-17(22-16)13-4-3-5-14(18)11-13/h2-9,11H,1,10H2. The van der Waals surface area contributed by atoms with Crippen LogP contribution < -0.4 is 4.74 Å². The lowest BCUT2D eigenvalue weighted by Crippen LogP contribution is -1.92. The first-order valence-electron chi connectivity index (χ1n) is 6.70. The van der Waals surface area contributed by atoms with Gasteiger partial charge in [0.1, 0.15) is 12.4 Å². The van der Waals surface area contributed by atoms with E-state index in [-0.39, 0.29) is 0 Å². The lowest BCUT2D eigenvalue weighted by molar-refractivity contribution is 0.363. The molecule has 0 radical (unpaired) electrons. The molecule has 0 spiro atoms. The molecule has 1 heterocycles. The van der Waals surface area contributed by atoms with Gasteiger partial charge in [-0.3, -0.25) is 0 Å². The molecular weight excluding hydrogens is 300 g/mol. The maximum atomic E-state index is 5.97. The fraction of sp³-hybridized carbons (Fsp3) is 0.0588. The SMILES string of the molecule is C=CCOc1ccc(-c2nnc(-c3cccc(Cl)c3)o2)cc1. The number of benzene rings is 2. The number of rotatable bonds is 5. The highest BCUT2D eigenvalue weighted by molar-refractivity contribution is 6.30. The topological polar surface area (TPSA) is 48.2 Å². The molecule has 0 bridgehead atoms. The number of hydrogen-bond acceptors (Lipinski definition) is 4. The summed E-state index contributed by atoms with van der Waals surface area (Å²) in [7, 11) is 0. The number of hydrogen-bond donors (Lipinski definition) is 0. The van der Waals surface area contributed by atoms with E-state index < -0.39 is 0 Å². The third-order valence-corrected chi connectivity index (χ3v) is 3.20. The molecule has 22 heavy (non-hydrogen) atoms. The van der Waals surface area contributed by atoms with Gasteiger partial charge in [0, 0.05) is 16.1 Å². The van der Waals surface area contributed by atoms with Crippen molar-refractivity contribution in [3.63, 3.8) is 0 Å². The monoisotopic (exact) mass is 312 g/mol. The van der Waals surface area contributed by atoms with Crippen LogP contribution in [0.5, 0.6) is 5.75 Å². The summed E-state index contributed by atoms with van der Waals surface area (Å²) in [5.41, 5.74) is 1.61. The molecule has 5 heteroatoms. The van der Waals surface area contributed by atoms with Crippen molar-refractivity contribution in [3.8, 4) is 28.7 Å². The molecule has 0 atom stereocenters. The van der Waals surface area contributed by atoms with E-state index in [2.05, 4.69) is 16.8 Å². The van der Waals surface area contributed by atoms with E-state index in [4.69, 9.17) is 20.8 Å². The average Bonchev–Trinajstić information content (AvgIpc) is 3.03. The Balaban J connectivity index is 1.83. The number of halogens is 1. The molecule has 110 valence electrons. The summed E-state index contributed by atoms with van der Waals surface area (Å²) in [4.78, 5) is 0. The Morgan fingerprint density at radius 3 is 2.45 bits per heavy atom. The van der Waals surface area contributed by atoms with Crippen molar-refractivity contribution in [2.45, 2.75) is 0 Å². The van der Waals surface area contributed by atoms with Crippen molar-refractivity contribution >= 4 is 11.6 Å². The van der Waals surface area contributed by atoms with Crippen LogP contribution in [-0.4, -0.2) is 16.8 Å². The third kappa shape index (κ3) is 3.18. The predicted molar refractivity (Wildman–Crippen MR) is 85.9 cm³/mol. The molecule has 4 nitrogen and oxygen atoms in total. The Morgan fingerprint density at radius 2 is 1.77 bits per heavy atom. The Kier molecular flexibility index (Phi) is 4.21. The lowest BCUT2D eigenvalue weighted by Gasteiger charge is -2.02. The van der Waals surface area contributed by atoms with E-state index in [0.29, 0.717) is 23.4 Å². The Morgan fingerprint density at radius 1 is 1.05 bits per heavy atom. The second-order valence-corrected chi connectivity index (χ2v) is 4.98. The van der Waals surface area contributed by atoms with Crippen LogP contribution in [0, 0.1) is 0 Å². The van der Waals surface area contributed by atoms with Crippen molar-refractivity contribution in [1.29, 1.82) is 0 Å². The van der Waals surface area contributed by atoms with Gasteiger partial charge in [0.05, 0.1) is 0 Å². The van der Waals surface area contributed by atoms with Crippen molar-refractivity contribution < 1.29 is 9.15 Å². The summed E-state index contributed by atoms with van der Waals surface area (Å²) in [6, 6.07) is 14.7. The molecule has 0 amide bonds. The van der Waals surface area contributed by atoms with Gasteiger partial charge < -0.3 is 9.15 Å². The molecule has 0 N–H and O–H groups in total. The van der Waals surface area contributed by atoms with Gasteiger partial charge in [-0.1, -0.05) is 30.3 Å². The predicted octanol–water partition coefficient (Wildman–Crippen LogP) is 4.62. The smallest absolute Gasteiger partial charge is 0.248 e. The molecule has 0 aliphatic heterocycles. The normalized spacial score (nSPS) is 10.4. The van der Waals surface area contributed by atoms with Crippen LogP contribution in [0.25, 0.3) is 22.9 Å². The second kappa shape index (κ2) is 6.45. The van der Waals surface area contributed by atoms with E-state index in [1.54, 1.807) is 18.2 Å².